The summed E-state index contributed by atoms with van der Waals surface area (Å²) in [6.07, 6.45) is 2.86. The van der Waals surface area contributed by atoms with Crippen LogP contribution in [0.15, 0.2) is 0 Å². The molecule has 0 aliphatic heterocycles. The van der Waals surface area contributed by atoms with Gasteiger partial charge in [-0.25, -0.2) is 0 Å². The topological polar surface area (TPSA) is 37.3 Å². The molecule has 0 saturated heterocycles. The zero-order valence-electron chi connectivity index (χ0n) is 6.21. The van der Waals surface area contributed by atoms with Gasteiger partial charge in [-0.3, -0.25) is 4.79 Å². The minimum atomic E-state index is -0.612. The first kappa shape index (κ1) is 10.4. The Kier molecular flexibility index (Phi) is 4.48. The SMILES string of the molecule is CC1CCC(C(=O)O)C1.[Tl]. The van der Waals surface area contributed by atoms with Crippen LogP contribution in [0, 0.1) is 11.8 Å². The number of carbonyl (C=O) groups is 1. The fourth-order valence-corrected chi connectivity index (χ4v) is 1.43. The van der Waals surface area contributed by atoms with Gasteiger partial charge in [-0.05, 0) is 25.2 Å². The van der Waals surface area contributed by atoms with E-state index in [-0.39, 0.29) is 33.2 Å². The van der Waals surface area contributed by atoms with E-state index >= 15 is 0 Å². The minimum absolute atomic E-state index is 0. The number of carboxylic acid groups (broad SMARTS) is 1. The van der Waals surface area contributed by atoms with Gasteiger partial charge in [0.05, 0.1) is 5.92 Å². The fraction of sp³-hybridized carbons (Fsp3) is 0.857. The van der Waals surface area contributed by atoms with Crippen LogP contribution >= 0.6 is 0 Å². The molecule has 1 rings (SSSR count). The van der Waals surface area contributed by atoms with E-state index in [4.69, 9.17) is 5.11 Å². The maximum absolute atomic E-state index is 10.3. The first-order chi connectivity index (χ1) is 4.20. The Balaban J connectivity index is 0.000000810. The van der Waals surface area contributed by atoms with Crippen molar-refractivity contribution in [2.24, 2.45) is 11.8 Å². The molecule has 0 spiro atoms. The number of aliphatic carboxylic acids is 1. The number of hydrogen-bond donors (Lipinski definition) is 1. The second-order valence-corrected chi connectivity index (χ2v) is 2.95. The second kappa shape index (κ2) is 4.31. The third-order valence-electron chi connectivity index (χ3n) is 2.04. The molecule has 0 amide bonds. The van der Waals surface area contributed by atoms with Crippen molar-refractivity contribution < 1.29 is 9.90 Å². The molecule has 1 N–H and O–H groups in total. The largest absolute Gasteiger partial charge is 0.481 e. The molecule has 10 heavy (non-hydrogen) atoms. The van der Waals surface area contributed by atoms with Crippen molar-refractivity contribution in [2.45, 2.75) is 26.2 Å². The zero-order valence-corrected chi connectivity index (χ0v) is 10.7. The van der Waals surface area contributed by atoms with Crippen LogP contribution in [0.3, 0.4) is 0 Å². The van der Waals surface area contributed by atoms with Gasteiger partial charge in [-0.1, -0.05) is 6.92 Å². The van der Waals surface area contributed by atoms with E-state index in [1.807, 2.05) is 0 Å². The van der Waals surface area contributed by atoms with Crippen molar-refractivity contribution in [3.05, 3.63) is 0 Å². The molecule has 0 heterocycles. The monoisotopic (exact) mass is 333 g/mol. The summed E-state index contributed by atoms with van der Waals surface area (Å²) in [5.74, 6) is -0.0227. The van der Waals surface area contributed by atoms with Crippen molar-refractivity contribution in [1.82, 2.24) is 0 Å². The zero-order chi connectivity index (χ0) is 6.85. The van der Waals surface area contributed by atoms with Crippen molar-refractivity contribution in [1.29, 1.82) is 0 Å². The Morgan fingerprint density at radius 3 is 2.30 bits per heavy atom. The van der Waals surface area contributed by atoms with Crippen LogP contribution in [0.5, 0.6) is 0 Å². The van der Waals surface area contributed by atoms with E-state index in [0.717, 1.165) is 19.3 Å². The van der Waals surface area contributed by atoms with Crippen LogP contribution in [0.4, 0.5) is 0 Å². The molecule has 1 saturated carbocycles. The number of rotatable bonds is 1. The van der Waals surface area contributed by atoms with E-state index in [9.17, 15) is 4.79 Å². The molecular weight excluding hydrogens is 320 g/mol. The summed E-state index contributed by atoms with van der Waals surface area (Å²) in [6.45, 7) is 2.11. The van der Waals surface area contributed by atoms with Gasteiger partial charge in [0, 0.05) is 27.3 Å². The molecule has 2 atom stereocenters. The maximum Gasteiger partial charge on any atom is 0.306 e. The Hall–Kier alpha value is 0.392. The molecular formula is C7H12O2Tl. The fourth-order valence-electron chi connectivity index (χ4n) is 1.43. The maximum atomic E-state index is 10.3. The first-order valence-corrected chi connectivity index (χ1v) is 3.43. The van der Waals surface area contributed by atoms with Crippen LogP contribution in [-0.2, 0) is 4.79 Å². The summed E-state index contributed by atoms with van der Waals surface area (Å²) >= 11 is 0. The van der Waals surface area contributed by atoms with E-state index in [0.29, 0.717) is 5.92 Å². The summed E-state index contributed by atoms with van der Waals surface area (Å²) in [4.78, 5) is 10.3. The van der Waals surface area contributed by atoms with Gasteiger partial charge in [0.15, 0.2) is 0 Å². The van der Waals surface area contributed by atoms with Crippen molar-refractivity contribution in [3.63, 3.8) is 0 Å². The molecule has 1 radical (unpaired) electrons. The first-order valence-electron chi connectivity index (χ1n) is 3.43. The molecule has 0 aromatic rings. The Bertz CT molecular complexity index is 125. The average Bonchev–Trinajstić information content (AvgIpc) is 2.14. The molecule has 0 aromatic heterocycles. The Morgan fingerprint density at radius 1 is 1.50 bits per heavy atom. The van der Waals surface area contributed by atoms with Crippen LogP contribution in [0.1, 0.15) is 26.2 Å². The van der Waals surface area contributed by atoms with E-state index in [1.54, 1.807) is 0 Å². The van der Waals surface area contributed by atoms with E-state index < -0.39 is 5.97 Å². The normalized spacial score (nSPS) is 31.3. The summed E-state index contributed by atoms with van der Waals surface area (Å²) in [5.41, 5.74) is 0. The molecule has 2 unspecified atom stereocenters. The standard InChI is InChI=1S/C7H12O2.Tl/c1-5-2-3-6(4-5)7(8)9;/h5-6H,2-4H2,1H3,(H,8,9);. The van der Waals surface area contributed by atoms with E-state index in [1.165, 1.54) is 0 Å². The smallest absolute Gasteiger partial charge is 0.306 e. The van der Waals surface area contributed by atoms with Gasteiger partial charge >= 0.3 is 5.97 Å². The van der Waals surface area contributed by atoms with E-state index in [2.05, 4.69) is 6.92 Å². The third kappa shape index (κ3) is 2.56. The minimum Gasteiger partial charge on any atom is -0.481 e. The van der Waals surface area contributed by atoms with Crippen LogP contribution in [0.25, 0.3) is 0 Å². The molecule has 3 heteroatoms. The van der Waals surface area contributed by atoms with Crippen LogP contribution in [0.2, 0.25) is 0 Å². The summed E-state index contributed by atoms with van der Waals surface area (Å²) < 4.78 is 0. The third-order valence-corrected chi connectivity index (χ3v) is 2.04. The van der Waals surface area contributed by atoms with Gasteiger partial charge < -0.3 is 5.11 Å². The van der Waals surface area contributed by atoms with Crippen molar-refractivity contribution >= 4 is 33.3 Å². The second-order valence-electron chi connectivity index (χ2n) is 2.95. The number of carboxylic acids is 1. The van der Waals surface area contributed by atoms with Gasteiger partial charge in [0.2, 0.25) is 0 Å². The Labute approximate surface area is 81.2 Å². The molecule has 1 aliphatic carbocycles. The van der Waals surface area contributed by atoms with Crippen molar-refractivity contribution in [3.8, 4) is 0 Å². The quantitative estimate of drug-likeness (QED) is 0.731. The summed E-state index contributed by atoms with van der Waals surface area (Å²) in [6, 6.07) is 0. The predicted molar refractivity (Wildman–Crippen MR) is 39.9 cm³/mol. The Morgan fingerprint density at radius 2 is 2.10 bits per heavy atom. The van der Waals surface area contributed by atoms with Gasteiger partial charge in [0.1, 0.15) is 0 Å². The van der Waals surface area contributed by atoms with Crippen LogP contribution < -0.4 is 0 Å². The molecule has 55 valence electrons. The van der Waals surface area contributed by atoms with Crippen LogP contribution in [-0.4, -0.2) is 38.4 Å². The molecule has 1 fully saturated rings. The summed E-state index contributed by atoms with van der Waals surface area (Å²) in [5, 5.41) is 8.53. The van der Waals surface area contributed by atoms with Gasteiger partial charge in [-0.15, -0.1) is 0 Å². The molecule has 1 aliphatic rings. The molecule has 0 bridgehead atoms. The predicted octanol–water partition coefficient (Wildman–Crippen LogP) is 1.13. The van der Waals surface area contributed by atoms with Crippen molar-refractivity contribution in [2.75, 3.05) is 0 Å². The van der Waals surface area contributed by atoms with Gasteiger partial charge in [-0.2, -0.15) is 0 Å². The van der Waals surface area contributed by atoms with Gasteiger partial charge in [0.25, 0.3) is 0 Å². The number of hydrogen-bond acceptors (Lipinski definition) is 1. The molecule has 2 nitrogen and oxygen atoms in total. The molecule has 0 aromatic carbocycles. The average molecular weight is 333 g/mol. The summed E-state index contributed by atoms with van der Waals surface area (Å²) in [7, 11) is 0.